The van der Waals surface area contributed by atoms with Gasteiger partial charge in [-0.15, -0.1) is 22.9 Å². The van der Waals surface area contributed by atoms with Gasteiger partial charge in [0.25, 0.3) is 0 Å². The van der Waals surface area contributed by atoms with Crippen LogP contribution in [0.1, 0.15) is 16.4 Å². The summed E-state index contributed by atoms with van der Waals surface area (Å²) in [5.74, 6) is 1.62. The second-order valence-electron chi connectivity index (χ2n) is 4.51. The minimum absolute atomic E-state index is 0.584. The summed E-state index contributed by atoms with van der Waals surface area (Å²) in [6, 6.07) is 4.22. The van der Waals surface area contributed by atoms with Crippen molar-refractivity contribution >= 4 is 34.1 Å². The van der Waals surface area contributed by atoms with Gasteiger partial charge < -0.3 is 4.57 Å². The van der Waals surface area contributed by atoms with E-state index < -0.39 is 0 Å². The Morgan fingerprint density at radius 1 is 1.42 bits per heavy atom. The molecule has 3 rings (SSSR count). The Hall–Kier alpha value is -1.33. The Morgan fingerprint density at radius 3 is 2.95 bits per heavy atom. The number of hydrogen-bond donors (Lipinski definition) is 0. The number of fused-ring (bicyclic) bond motifs is 1. The first-order valence-electron chi connectivity index (χ1n) is 6.17. The standard InChI is InChI=1S/C13H15ClN4S/c1-9-12-13(17(2)16-9)18(11(15-12)5-6-14)8-10-4-3-7-19-10/h3-4,7H,5-6,8H2,1-2H3. The van der Waals surface area contributed by atoms with Crippen LogP contribution in [0.15, 0.2) is 17.5 Å². The Kier molecular flexibility index (Phi) is 3.33. The predicted octanol–water partition coefficient (Wildman–Crippen LogP) is 2.97. The molecule has 100 valence electrons. The van der Waals surface area contributed by atoms with Crippen LogP contribution in [-0.2, 0) is 20.0 Å². The third-order valence-corrected chi connectivity index (χ3v) is 4.23. The lowest BCUT2D eigenvalue weighted by Crippen LogP contribution is -2.08. The fourth-order valence-electron chi connectivity index (χ4n) is 2.38. The van der Waals surface area contributed by atoms with Gasteiger partial charge in [0.1, 0.15) is 11.3 Å². The van der Waals surface area contributed by atoms with Crippen LogP contribution >= 0.6 is 22.9 Å². The molecule has 0 unspecified atom stereocenters. The van der Waals surface area contributed by atoms with Crippen LogP contribution in [0.5, 0.6) is 0 Å². The van der Waals surface area contributed by atoms with Gasteiger partial charge in [0.05, 0.1) is 12.2 Å². The topological polar surface area (TPSA) is 35.6 Å². The Morgan fingerprint density at radius 2 is 2.26 bits per heavy atom. The molecule has 3 heterocycles. The van der Waals surface area contributed by atoms with E-state index in [1.165, 1.54) is 4.88 Å². The van der Waals surface area contributed by atoms with Crippen molar-refractivity contribution in [1.82, 2.24) is 19.3 Å². The number of alkyl halides is 1. The zero-order valence-electron chi connectivity index (χ0n) is 10.9. The fraction of sp³-hybridized carbons (Fsp3) is 0.385. The highest BCUT2D eigenvalue weighted by atomic mass is 35.5. The van der Waals surface area contributed by atoms with Gasteiger partial charge in [0.15, 0.2) is 5.65 Å². The SMILES string of the molecule is Cc1nn(C)c2c1nc(CCCl)n2Cc1cccs1. The lowest BCUT2D eigenvalue weighted by Gasteiger charge is -2.07. The van der Waals surface area contributed by atoms with Crippen LogP contribution in [-0.4, -0.2) is 25.2 Å². The summed E-state index contributed by atoms with van der Waals surface area (Å²) in [6.07, 6.45) is 0.779. The quantitative estimate of drug-likeness (QED) is 0.694. The molecule has 0 N–H and O–H groups in total. The van der Waals surface area contributed by atoms with E-state index >= 15 is 0 Å². The normalized spacial score (nSPS) is 11.5. The van der Waals surface area contributed by atoms with E-state index in [9.17, 15) is 0 Å². The van der Waals surface area contributed by atoms with E-state index in [0.29, 0.717) is 5.88 Å². The predicted molar refractivity (Wildman–Crippen MR) is 79.1 cm³/mol. The molecule has 0 spiro atoms. The van der Waals surface area contributed by atoms with Crippen molar-refractivity contribution in [3.63, 3.8) is 0 Å². The number of halogens is 1. The highest BCUT2D eigenvalue weighted by Gasteiger charge is 2.17. The monoisotopic (exact) mass is 294 g/mol. The van der Waals surface area contributed by atoms with Gasteiger partial charge in [-0.3, -0.25) is 4.68 Å². The van der Waals surface area contributed by atoms with E-state index in [4.69, 9.17) is 16.6 Å². The van der Waals surface area contributed by atoms with Crippen molar-refractivity contribution in [2.75, 3.05) is 5.88 Å². The summed E-state index contributed by atoms with van der Waals surface area (Å²) >= 11 is 7.65. The lowest BCUT2D eigenvalue weighted by molar-refractivity contribution is 0.696. The molecule has 3 aromatic heterocycles. The summed E-state index contributed by atoms with van der Waals surface area (Å²) in [5.41, 5.74) is 3.03. The average Bonchev–Trinajstić information content (AvgIpc) is 3.04. The number of hydrogen-bond acceptors (Lipinski definition) is 3. The molecule has 0 fully saturated rings. The molecule has 0 bridgehead atoms. The van der Waals surface area contributed by atoms with Crippen LogP contribution in [0.3, 0.4) is 0 Å². The number of nitrogens with zero attached hydrogens (tertiary/aromatic N) is 4. The largest absolute Gasteiger partial charge is 0.308 e. The number of imidazole rings is 1. The van der Waals surface area contributed by atoms with Crippen LogP contribution in [0.25, 0.3) is 11.2 Å². The van der Waals surface area contributed by atoms with Crippen LogP contribution in [0.4, 0.5) is 0 Å². The molecule has 4 nitrogen and oxygen atoms in total. The first kappa shape index (κ1) is 12.7. The average molecular weight is 295 g/mol. The van der Waals surface area contributed by atoms with Gasteiger partial charge in [-0.25, -0.2) is 4.98 Å². The van der Waals surface area contributed by atoms with Crippen LogP contribution < -0.4 is 0 Å². The minimum Gasteiger partial charge on any atom is -0.308 e. The molecule has 0 radical (unpaired) electrons. The number of rotatable bonds is 4. The second kappa shape index (κ2) is 4.98. The molecule has 0 atom stereocenters. The first-order valence-corrected chi connectivity index (χ1v) is 7.59. The third kappa shape index (κ3) is 2.17. The minimum atomic E-state index is 0.584. The van der Waals surface area contributed by atoms with E-state index in [-0.39, 0.29) is 0 Å². The molecule has 0 saturated carbocycles. The molecule has 0 saturated heterocycles. The molecular weight excluding hydrogens is 280 g/mol. The van der Waals surface area contributed by atoms with E-state index in [1.54, 1.807) is 11.3 Å². The summed E-state index contributed by atoms with van der Waals surface area (Å²) in [6.45, 7) is 2.83. The molecule has 0 aromatic carbocycles. The molecule has 0 aliphatic carbocycles. The van der Waals surface area contributed by atoms with Gasteiger partial charge in [-0.1, -0.05) is 6.07 Å². The zero-order chi connectivity index (χ0) is 13.4. The summed E-state index contributed by atoms with van der Waals surface area (Å²) in [4.78, 5) is 6.02. The first-order chi connectivity index (χ1) is 9.20. The lowest BCUT2D eigenvalue weighted by atomic mass is 10.4. The van der Waals surface area contributed by atoms with Gasteiger partial charge in [0, 0.05) is 24.2 Å². The van der Waals surface area contributed by atoms with Crippen molar-refractivity contribution in [2.45, 2.75) is 19.9 Å². The maximum atomic E-state index is 5.89. The van der Waals surface area contributed by atoms with E-state index in [0.717, 1.165) is 35.6 Å². The van der Waals surface area contributed by atoms with Crippen molar-refractivity contribution < 1.29 is 0 Å². The van der Waals surface area contributed by atoms with E-state index in [1.807, 2.05) is 18.7 Å². The van der Waals surface area contributed by atoms with Crippen molar-refractivity contribution in [3.05, 3.63) is 33.9 Å². The Balaban J connectivity index is 2.15. The molecule has 6 heteroatoms. The summed E-state index contributed by atoms with van der Waals surface area (Å²) in [7, 11) is 1.96. The maximum absolute atomic E-state index is 5.89. The fourth-order valence-corrected chi connectivity index (χ4v) is 3.24. The molecular formula is C13H15ClN4S. The van der Waals surface area contributed by atoms with Crippen LogP contribution in [0.2, 0.25) is 0 Å². The molecule has 0 amide bonds. The highest BCUT2D eigenvalue weighted by Crippen LogP contribution is 2.22. The van der Waals surface area contributed by atoms with Gasteiger partial charge in [-0.05, 0) is 18.4 Å². The highest BCUT2D eigenvalue weighted by molar-refractivity contribution is 7.09. The van der Waals surface area contributed by atoms with Gasteiger partial charge in [-0.2, -0.15) is 5.10 Å². The maximum Gasteiger partial charge on any atom is 0.159 e. The smallest absolute Gasteiger partial charge is 0.159 e. The molecule has 3 aromatic rings. The second-order valence-corrected chi connectivity index (χ2v) is 5.92. The summed E-state index contributed by atoms with van der Waals surface area (Å²) in [5, 5.41) is 6.54. The zero-order valence-corrected chi connectivity index (χ0v) is 12.5. The summed E-state index contributed by atoms with van der Waals surface area (Å²) < 4.78 is 4.13. The van der Waals surface area contributed by atoms with Crippen molar-refractivity contribution in [3.8, 4) is 0 Å². The number of aromatic nitrogens is 4. The Labute approximate surface area is 120 Å². The van der Waals surface area contributed by atoms with Crippen molar-refractivity contribution in [1.29, 1.82) is 0 Å². The Bertz CT molecular complexity index is 696. The van der Waals surface area contributed by atoms with Gasteiger partial charge in [0.2, 0.25) is 0 Å². The third-order valence-electron chi connectivity index (χ3n) is 3.18. The van der Waals surface area contributed by atoms with Crippen molar-refractivity contribution in [2.24, 2.45) is 7.05 Å². The number of thiophene rings is 1. The van der Waals surface area contributed by atoms with Gasteiger partial charge >= 0.3 is 0 Å². The van der Waals surface area contributed by atoms with E-state index in [2.05, 4.69) is 27.2 Å². The molecule has 19 heavy (non-hydrogen) atoms. The van der Waals surface area contributed by atoms with Crippen LogP contribution in [0, 0.1) is 6.92 Å². The molecule has 0 aliphatic rings. The number of aryl methyl sites for hydroxylation is 3. The molecule has 0 aliphatic heterocycles.